The van der Waals surface area contributed by atoms with Crippen molar-refractivity contribution in [1.82, 2.24) is 15.2 Å². The molecule has 1 saturated heterocycles. The Hall–Kier alpha value is -1.62. The van der Waals surface area contributed by atoms with Crippen LogP contribution in [0.4, 0.5) is 4.79 Å². The van der Waals surface area contributed by atoms with Crippen molar-refractivity contribution in [2.75, 3.05) is 19.7 Å². The van der Waals surface area contributed by atoms with Crippen LogP contribution in [0.25, 0.3) is 0 Å². The van der Waals surface area contributed by atoms with Crippen molar-refractivity contribution in [3.05, 3.63) is 30.1 Å². The summed E-state index contributed by atoms with van der Waals surface area (Å²) in [6.07, 6.45) is 6.73. The molecule has 5 heteroatoms. The number of amides is 2. The van der Waals surface area contributed by atoms with Crippen molar-refractivity contribution in [3.8, 4) is 0 Å². The SMILES string of the molecule is CC[C@@H](c1ccncc1)N(CC)C(=O)NC[C@H]1CCCO1. The predicted octanol–water partition coefficient (Wildman–Crippen LogP) is 2.74. The Morgan fingerprint density at radius 3 is 2.81 bits per heavy atom. The van der Waals surface area contributed by atoms with Gasteiger partial charge in [-0.1, -0.05) is 6.92 Å². The van der Waals surface area contributed by atoms with E-state index in [0.29, 0.717) is 13.1 Å². The molecule has 21 heavy (non-hydrogen) atoms. The van der Waals surface area contributed by atoms with E-state index in [9.17, 15) is 4.79 Å². The number of hydrogen-bond donors (Lipinski definition) is 1. The minimum absolute atomic E-state index is 0.0170. The van der Waals surface area contributed by atoms with Crippen LogP contribution in [0.2, 0.25) is 0 Å². The molecule has 1 aliphatic heterocycles. The fourth-order valence-corrected chi connectivity index (χ4v) is 2.84. The first-order valence-corrected chi connectivity index (χ1v) is 7.82. The van der Waals surface area contributed by atoms with E-state index in [1.807, 2.05) is 24.0 Å². The monoisotopic (exact) mass is 291 g/mol. The maximum atomic E-state index is 12.4. The first kappa shape index (κ1) is 15.8. The van der Waals surface area contributed by atoms with Crippen molar-refractivity contribution in [2.45, 2.75) is 45.3 Å². The molecule has 116 valence electrons. The van der Waals surface area contributed by atoms with Crippen LogP contribution in [0.1, 0.15) is 44.7 Å². The Bertz CT molecular complexity index is 432. The minimum atomic E-state index is -0.0170. The first-order valence-electron chi connectivity index (χ1n) is 7.82. The lowest BCUT2D eigenvalue weighted by Crippen LogP contribution is -2.44. The molecule has 0 unspecified atom stereocenters. The molecule has 0 bridgehead atoms. The third-order valence-corrected chi connectivity index (χ3v) is 3.96. The van der Waals surface area contributed by atoms with Gasteiger partial charge in [0.15, 0.2) is 0 Å². The van der Waals surface area contributed by atoms with E-state index in [4.69, 9.17) is 4.74 Å². The van der Waals surface area contributed by atoms with E-state index in [1.54, 1.807) is 12.4 Å². The zero-order chi connectivity index (χ0) is 15.1. The third kappa shape index (κ3) is 4.17. The normalized spacial score (nSPS) is 19.2. The molecule has 2 rings (SSSR count). The number of pyridine rings is 1. The molecule has 0 spiro atoms. The van der Waals surface area contributed by atoms with E-state index in [1.165, 1.54) is 0 Å². The Labute approximate surface area is 126 Å². The second kappa shape index (κ2) is 7.98. The van der Waals surface area contributed by atoms with Crippen LogP contribution < -0.4 is 5.32 Å². The van der Waals surface area contributed by atoms with Crippen LogP contribution in [0.15, 0.2) is 24.5 Å². The Kier molecular flexibility index (Phi) is 5.99. The van der Waals surface area contributed by atoms with Gasteiger partial charge in [0.1, 0.15) is 0 Å². The van der Waals surface area contributed by atoms with Crippen molar-refractivity contribution in [2.24, 2.45) is 0 Å². The Morgan fingerprint density at radius 2 is 2.24 bits per heavy atom. The lowest BCUT2D eigenvalue weighted by atomic mass is 10.0. The molecular weight excluding hydrogens is 266 g/mol. The number of rotatable bonds is 6. The summed E-state index contributed by atoms with van der Waals surface area (Å²) in [6, 6.07) is 4.02. The van der Waals surface area contributed by atoms with Gasteiger partial charge in [-0.15, -0.1) is 0 Å². The zero-order valence-electron chi connectivity index (χ0n) is 12.9. The number of nitrogens with zero attached hydrogens (tertiary/aromatic N) is 2. The van der Waals surface area contributed by atoms with Gasteiger partial charge >= 0.3 is 6.03 Å². The van der Waals surface area contributed by atoms with Gasteiger partial charge in [0.05, 0.1) is 12.1 Å². The van der Waals surface area contributed by atoms with Crippen LogP contribution in [0, 0.1) is 0 Å². The minimum Gasteiger partial charge on any atom is -0.376 e. The van der Waals surface area contributed by atoms with E-state index >= 15 is 0 Å². The molecule has 5 nitrogen and oxygen atoms in total. The van der Waals surface area contributed by atoms with Crippen molar-refractivity contribution < 1.29 is 9.53 Å². The second-order valence-corrected chi connectivity index (χ2v) is 5.31. The van der Waals surface area contributed by atoms with Crippen LogP contribution in [-0.2, 0) is 4.74 Å². The molecule has 0 saturated carbocycles. The smallest absolute Gasteiger partial charge is 0.317 e. The quantitative estimate of drug-likeness (QED) is 0.877. The van der Waals surface area contributed by atoms with Gasteiger partial charge in [0.2, 0.25) is 0 Å². The Balaban J connectivity index is 1.97. The summed E-state index contributed by atoms with van der Waals surface area (Å²) >= 11 is 0. The van der Waals surface area contributed by atoms with E-state index in [-0.39, 0.29) is 18.2 Å². The molecule has 2 amide bonds. The summed E-state index contributed by atoms with van der Waals surface area (Å²) in [6.45, 7) is 6.20. The van der Waals surface area contributed by atoms with Gasteiger partial charge in [0, 0.05) is 32.1 Å². The molecular formula is C16H25N3O2. The van der Waals surface area contributed by atoms with Crippen molar-refractivity contribution in [3.63, 3.8) is 0 Å². The maximum absolute atomic E-state index is 12.4. The predicted molar refractivity (Wildman–Crippen MR) is 82.0 cm³/mol. The maximum Gasteiger partial charge on any atom is 0.317 e. The van der Waals surface area contributed by atoms with Crippen molar-refractivity contribution in [1.29, 1.82) is 0 Å². The van der Waals surface area contributed by atoms with Gasteiger partial charge in [-0.2, -0.15) is 0 Å². The fraction of sp³-hybridized carbons (Fsp3) is 0.625. The number of aromatic nitrogens is 1. The highest BCUT2D eigenvalue weighted by Crippen LogP contribution is 2.23. The molecule has 0 aromatic carbocycles. The van der Waals surface area contributed by atoms with Gasteiger partial charge in [0.25, 0.3) is 0 Å². The van der Waals surface area contributed by atoms with E-state index in [2.05, 4.69) is 17.2 Å². The highest BCUT2D eigenvalue weighted by molar-refractivity contribution is 5.74. The summed E-state index contributed by atoms with van der Waals surface area (Å²) < 4.78 is 5.55. The molecule has 1 aliphatic rings. The van der Waals surface area contributed by atoms with Gasteiger partial charge in [-0.3, -0.25) is 4.98 Å². The number of urea groups is 1. The van der Waals surface area contributed by atoms with Crippen LogP contribution in [-0.4, -0.2) is 41.7 Å². The molecule has 1 aromatic heterocycles. The standard InChI is InChI=1S/C16H25N3O2/c1-3-15(13-7-9-17-10-8-13)19(4-2)16(20)18-12-14-6-5-11-21-14/h7-10,14-15H,3-6,11-12H2,1-2H3,(H,18,20)/t14-,15+/m1/s1. The number of hydrogen-bond acceptors (Lipinski definition) is 3. The molecule has 0 aliphatic carbocycles. The molecule has 1 fully saturated rings. The highest BCUT2D eigenvalue weighted by atomic mass is 16.5. The van der Waals surface area contributed by atoms with E-state index < -0.39 is 0 Å². The molecule has 2 atom stereocenters. The number of ether oxygens (including phenoxy) is 1. The summed E-state index contributed by atoms with van der Waals surface area (Å²) in [7, 11) is 0. The number of nitrogens with one attached hydrogen (secondary N) is 1. The highest BCUT2D eigenvalue weighted by Gasteiger charge is 2.23. The summed E-state index contributed by atoms with van der Waals surface area (Å²) in [4.78, 5) is 18.4. The second-order valence-electron chi connectivity index (χ2n) is 5.31. The van der Waals surface area contributed by atoms with Crippen molar-refractivity contribution >= 4 is 6.03 Å². The zero-order valence-corrected chi connectivity index (χ0v) is 12.9. The van der Waals surface area contributed by atoms with Gasteiger partial charge in [-0.05, 0) is 43.9 Å². The first-order chi connectivity index (χ1) is 10.3. The van der Waals surface area contributed by atoms with Gasteiger partial charge in [-0.25, -0.2) is 4.79 Å². The van der Waals surface area contributed by atoms with Crippen LogP contribution in [0.3, 0.4) is 0 Å². The number of carbonyl (C=O) groups excluding carboxylic acids is 1. The average Bonchev–Trinajstić information content (AvgIpc) is 3.04. The largest absolute Gasteiger partial charge is 0.376 e. The molecule has 2 heterocycles. The summed E-state index contributed by atoms with van der Waals surface area (Å²) in [5.74, 6) is 0. The summed E-state index contributed by atoms with van der Waals surface area (Å²) in [5.41, 5.74) is 1.13. The van der Waals surface area contributed by atoms with Gasteiger partial charge < -0.3 is 15.0 Å². The lowest BCUT2D eigenvalue weighted by molar-refractivity contribution is 0.107. The lowest BCUT2D eigenvalue weighted by Gasteiger charge is -2.31. The molecule has 1 aromatic rings. The number of carbonyl (C=O) groups is 1. The van der Waals surface area contributed by atoms with Crippen LogP contribution >= 0.6 is 0 Å². The summed E-state index contributed by atoms with van der Waals surface area (Å²) in [5, 5.41) is 3.01. The Morgan fingerprint density at radius 1 is 1.48 bits per heavy atom. The topological polar surface area (TPSA) is 54.5 Å². The van der Waals surface area contributed by atoms with E-state index in [0.717, 1.165) is 31.4 Å². The molecule has 1 N–H and O–H groups in total. The third-order valence-electron chi connectivity index (χ3n) is 3.96. The fourth-order valence-electron chi connectivity index (χ4n) is 2.84. The van der Waals surface area contributed by atoms with Crippen LogP contribution in [0.5, 0.6) is 0 Å². The molecule has 0 radical (unpaired) electrons. The average molecular weight is 291 g/mol.